The van der Waals surface area contributed by atoms with Gasteiger partial charge < -0.3 is 4.74 Å². The number of halogens is 1. The van der Waals surface area contributed by atoms with E-state index in [1.807, 2.05) is 89.8 Å². The van der Waals surface area contributed by atoms with Crippen LogP contribution in [0.15, 0.2) is 89.4 Å². The fourth-order valence-corrected chi connectivity index (χ4v) is 3.67. The van der Waals surface area contributed by atoms with Gasteiger partial charge in [-0.05, 0) is 29.3 Å². The first-order valence-corrected chi connectivity index (χ1v) is 9.33. The van der Waals surface area contributed by atoms with Crippen LogP contribution in [0.3, 0.4) is 0 Å². The molecule has 1 heterocycles. The first kappa shape index (κ1) is 17.0. The third kappa shape index (κ3) is 3.18. The van der Waals surface area contributed by atoms with Gasteiger partial charge in [0.15, 0.2) is 6.10 Å². The molecule has 0 saturated carbocycles. The first-order chi connectivity index (χ1) is 12.8. The van der Waals surface area contributed by atoms with E-state index in [0.29, 0.717) is 6.61 Å². The number of amides is 1. The second-order valence-corrected chi connectivity index (χ2v) is 7.08. The zero-order chi connectivity index (χ0) is 17.9. The lowest BCUT2D eigenvalue weighted by atomic mass is 9.89. The average molecular weight is 408 g/mol. The van der Waals surface area contributed by atoms with Crippen molar-refractivity contribution in [3.05, 3.63) is 101 Å². The number of rotatable bonds is 5. The van der Waals surface area contributed by atoms with Crippen LogP contribution in [-0.4, -0.2) is 12.0 Å². The number of carbonyl (C=O) groups excluding carboxylic acids is 1. The molecule has 3 aromatic rings. The summed E-state index contributed by atoms with van der Waals surface area (Å²) in [5.41, 5.74) is 3.01. The highest BCUT2D eigenvalue weighted by Gasteiger charge is 2.49. The Balaban J connectivity index is 1.60. The van der Waals surface area contributed by atoms with Crippen LogP contribution in [0.1, 0.15) is 17.2 Å². The highest BCUT2D eigenvalue weighted by atomic mass is 79.9. The Kier molecular flexibility index (Phi) is 4.87. The molecule has 0 bridgehead atoms. The topological polar surface area (TPSA) is 29.5 Å². The summed E-state index contributed by atoms with van der Waals surface area (Å²) < 4.78 is 7.04. The lowest BCUT2D eigenvalue weighted by Crippen LogP contribution is -2.60. The van der Waals surface area contributed by atoms with Crippen LogP contribution in [0.2, 0.25) is 0 Å². The van der Waals surface area contributed by atoms with Crippen molar-refractivity contribution < 1.29 is 9.53 Å². The average Bonchev–Trinajstić information content (AvgIpc) is 2.69. The Morgan fingerprint density at radius 1 is 0.846 bits per heavy atom. The van der Waals surface area contributed by atoms with E-state index in [1.54, 1.807) is 0 Å². The summed E-state index contributed by atoms with van der Waals surface area (Å²) in [4.78, 5) is 14.7. The Morgan fingerprint density at radius 3 is 2.15 bits per heavy atom. The van der Waals surface area contributed by atoms with E-state index in [9.17, 15) is 4.79 Å². The number of ether oxygens (including phenoxy) is 1. The number of benzene rings is 3. The van der Waals surface area contributed by atoms with Crippen LogP contribution in [0.4, 0.5) is 5.69 Å². The summed E-state index contributed by atoms with van der Waals surface area (Å²) in [6.07, 6.45) is -0.482. The summed E-state index contributed by atoms with van der Waals surface area (Å²) >= 11 is 3.53. The Labute approximate surface area is 161 Å². The number of nitrogens with zero attached hydrogens (tertiary/aromatic N) is 1. The SMILES string of the molecule is O=C1[C@@H](OCc2ccccc2Br)[C@@H](c2ccccc2)N1c1ccccc1. The predicted molar refractivity (Wildman–Crippen MR) is 106 cm³/mol. The third-order valence-corrected chi connectivity index (χ3v) is 5.37. The number of hydrogen-bond acceptors (Lipinski definition) is 2. The Hall–Kier alpha value is -2.43. The highest BCUT2D eigenvalue weighted by Crippen LogP contribution is 2.41. The Bertz CT molecular complexity index is 898. The molecule has 4 rings (SSSR count). The van der Waals surface area contributed by atoms with Crippen LogP contribution < -0.4 is 4.90 Å². The lowest BCUT2D eigenvalue weighted by molar-refractivity contribution is -0.143. The molecule has 130 valence electrons. The minimum atomic E-state index is -0.482. The summed E-state index contributed by atoms with van der Waals surface area (Å²) in [7, 11) is 0. The van der Waals surface area contributed by atoms with Crippen molar-refractivity contribution in [3.8, 4) is 0 Å². The maximum absolute atomic E-state index is 12.8. The maximum atomic E-state index is 12.8. The van der Waals surface area contributed by atoms with E-state index in [1.165, 1.54) is 0 Å². The monoisotopic (exact) mass is 407 g/mol. The smallest absolute Gasteiger partial charge is 0.259 e. The van der Waals surface area contributed by atoms with Gasteiger partial charge >= 0.3 is 0 Å². The zero-order valence-corrected chi connectivity index (χ0v) is 15.7. The molecule has 0 aliphatic carbocycles. The van der Waals surface area contributed by atoms with E-state index in [2.05, 4.69) is 15.9 Å². The standard InChI is InChI=1S/C22H18BrNO2/c23-19-14-8-7-11-17(19)15-26-21-20(16-9-3-1-4-10-16)24(22(21)25)18-12-5-2-6-13-18/h1-14,20-21H,15H2/t20-,21+/m1/s1. The van der Waals surface area contributed by atoms with E-state index in [0.717, 1.165) is 21.3 Å². The van der Waals surface area contributed by atoms with Crippen LogP contribution in [0.5, 0.6) is 0 Å². The van der Waals surface area contributed by atoms with Crippen molar-refractivity contribution >= 4 is 27.5 Å². The molecule has 0 radical (unpaired) electrons. The first-order valence-electron chi connectivity index (χ1n) is 8.54. The van der Waals surface area contributed by atoms with Gasteiger partial charge in [0.25, 0.3) is 5.91 Å². The van der Waals surface area contributed by atoms with Crippen molar-refractivity contribution in [2.24, 2.45) is 0 Å². The van der Waals surface area contributed by atoms with Gasteiger partial charge in [-0.15, -0.1) is 0 Å². The predicted octanol–water partition coefficient (Wildman–Crippen LogP) is 5.12. The number of anilines is 1. The minimum Gasteiger partial charge on any atom is -0.361 e. The van der Waals surface area contributed by atoms with Gasteiger partial charge in [-0.1, -0.05) is 82.7 Å². The van der Waals surface area contributed by atoms with Crippen LogP contribution in [0.25, 0.3) is 0 Å². The normalized spacial score (nSPS) is 19.3. The molecule has 0 unspecified atom stereocenters. The molecule has 3 aromatic carbocycles. The van der Waals surface area contributed by atoms with E-state index in [4.69, 9.17) is 4.74 Å². The van der Waals surface area contributed by atoms with Crippen molar-refractivity contribution in [1.82, 2.24) is 0 Å². The molecule has 0 aromatic heterocycles. The van der Waals surface area contributed by atoms with Crippen LogP contribution in [-0.2, 0) is 16.1 Å². The third-order valence-electron chi connectivity index (χ3n) is 4.60. The molecule has 1 saturated heterocycles. The number of carbonyl (C=O) groups is 1. The van der Waals surface area contributed by atoms with Gasteiger partial charge in [-0.2, -0.15) is 0 Å². The number of para-hydroxylation sites is 1. The summed E-state index contributed by atoms with van der Waals surface area (Å²) in [5, 5.41) is 0. The quantitative estimate of drug-likeness (QED) is 0.549. The second kappa shape index (κ2) is 7.44. The lowest BCUT2D eigenvalue weighted by Gasteiger charge is -2.46. The fraction of sp³-hybridized carbons (Fsp3) is 0.136. The summed E-state index contributed by atoms with van der Waals surface area (Å²) in [5.74, 6) is -0.00268. The molecular formula is C22H18BrNO2. The summed E-state index contributed by atoms with van der Waals surface area (Å²) in [6, 6.07) is 27.6. The van der Waals surface area contributed by atoms with Gasteiger partial charge in [-0.3, -0.25) is 9.69 Å². The van der Waals surface area contributed by atoms with E-state index >= 15 is 0 Å². The maximum Gasteiger partial charge on any atom is 0.259 e. The molecule has 1 aliphatic heterocycles. The fourth-order valence-electron chi connectivity index (χ4n) is 3.27. The molecule has 1 aliphatic rings. The molecule has 0 spiro atoms. The van der Waals surface area contributed by atoms with Crippen molar-refractivity contribution in [2.75, 3.05) is 4.90 Å². The molecule has 3 nitrogen and oxygen atoms in total. The Morgan fingerprint density at radius 2 is 1.46 bits per heavy atom. The van der Waals surface area contributed by atoms with Gasteiger partial charge in [0.2, 0.25) is 0 Å². The van der Waals surface area contributed by atoms with Gasteiger partial charge in [-0.25, -0.2) is 0 Å². The summed E-state index contributed by atoms with van der Waals surface area (Å²) in [6.45, 7) is 0.393. The van der Waals surface area contributed by atoms with Crippen molar-refractivity contribution in [3.63, 3.8) is 0 Å². The molecular weight excluding hydrogens is 390 g/mol. The van der Waals surface area contributed by atoms with Crippen molar-refractivity contribution in [2.45, 2.75) is 18.8 Å². The van der Waals surface area contributed by atoms with E-state index in [-0.39, 0.29) is 11.9 Å². The van der Waals surface area contributed by atoms with E-state index < -0.39 is 6.10 Å². The number of β-lactam (4-membered cyclic amide) rings is 1. The molecule has 2 atom stereocenters. The highest BCUT2D eigenvalue weighted by molar-refractivity contribution is 9.10. The molecule has 26 heavy (non-hydrogen) atoms. The van der Waals surface area contributed by atoms with Crippen molar-refractivity contribution in [1.29, 1.82) is 0 Å². The molecule has 1 amide bonds. The van der Waals surface area contributed by atoms with Gasteiger partial charge in [0, 0.05) is 10.2 Å². The zero-order valence-electron chi connectivity index (χ0n) is 14.1. The molecule has 0 N–H and O–H groups in total. The van der Waals surface area contributed by atoms with Gasteiger partial charge in [0.1, 0.15) is 0 Å². The minimum absolute atomic E-state index is 0.00268. The van der Waals surface area contributed by atoms with Crippen LogP contribution in [0, 0.1) is 0 Å². The number of hydrogen-bond donors (Lipinski definition) is 0. The molecule has 1 fully saturated rings. The van der Waals surface area contributed by atoms with Crippen LogP contribution >= 0.6 is 15.9 Å². The largest absolute Gasteiger partial charge is 0.361 e. The van der Waals surface area contributed by atoms with Gasteiger partial charge in [0.05, 0.1) is 12.6 Å². The molecule has 4 heteroatoms. The second-order valence-electron chi connectivity index (χ2n) is 6.22.